The predicted molar refractivity (Wildman–Crippen MR) is 84.8 cm³/mol. The Hall–Kier alpha value is -1.56. The Morgan fingerprint density at radius 1 is 1.38 bits per heavy atom. The Labute approximate surface area is 129 Å². The summed E-state index contributed by atoms with van der Waals surface area (Å²) in [5.41, 5.74) is 1.13. The maximum Gasteiger partial charge on any atom is 0.319 e. The van der Waals surface area contributed by atoms with Crippen molar-refractivity contribution in [3.8, 4) is 0 Å². The number of hydrogen-bond acceptors (Lipinski definition) is 3. The highest BCUT2D eigenvalue weighted by atomic mass is 32.1. The zero-order valence-electron chi connectivity index (χ0n) is 12.9. The minimum absolute atomic E-state index is 0.0138. The van der Waals surface area contributed by atoms with E-state index in [0.717, 1.165) is 36.4 Å². The molecule has 116 valence electrons. The fraction of sp³-hybridized carbons (Fsp3) is 0.600. The molecule has 1 saturated heterocycles. The Bertz CT molecular complexity index is 505. The van der Waals surface area contributed by atoms with E-state index in [1.807, 2.05) is 23.3 Å². The Kier molecular flexibility index (Phi) is 5.22. The number of hydrogen-bond donors (Lipinski definition) is 1. The zero-order valence-corrected chi connectivity index (χ0v) is 13.7. The summed E-state index contributed by atoms with van der Waals surface area (Å²) in [7, 11) is 3.55. The Balaban J connectivity index is 1.74. The number of rotatable bonds is 3. The van der Waals surface area contributed by atoms with Crippen LogP contribution in [0.25, 0.3) is 0 Å². The molecule has 1 aromatic rings. The van der Waals surface area contributed by atoms with Crippen LogP contribution < -0.4 is 5.32 Å². The normalized spacial score (nSPS) is 15.9. The first-order valence-corrected chi connectivity index (χ1v) is 8.15. The van der Waals surface area contributed by atoms with Gasteiger partial charge in [0.1, 0.15) is 0 Å². The van der Waals surface area contributed by atoms with Crippen LogP contribution in [0.5, 0.6) is 0 Å². The standard InChI is InChI=1S/C15H23N3O2S/c1-11-8-13(21-10-11)14(19)16-9-12-4-6-18(7-5-12)15(20)17(2)3/h8,10,12H,4-7,9H2,1-3H3,(H,16,19). The maximum atomic E-state index is 12.0. The van der Waals surface area contributed by atoms with Crippen LogP contribution in [-0.4, -0.2) is 55.5 Å². The van der Waals surface area contributed by atoms with Crippen LogP contribution in [0.2, 0.25) is 0 Å². The molecular weight excluding hydrogens is 286 g/mol. The topological polar surface area (TPSA) is 52.7 Å². The van der Waals surface area contributed by atoms with E-state index >= 15 is 0 Å². The second kappa shape index (κ2) is 6.93. The first-order chi connectivity index (χ1) is 9.97. The second-order valence-corrected chi connectivity index (χ2v) is 6.72. The summed E-state index contributed by atoms with van der Waals surface area (Å²) in [6.45, 7) is 4.23. The summed E-state index contributed by atoms with van der Waals surface area (Å²) < 4.78 is 0. The third-order valence-corrected chi connectivity index (χ3v) is 4.82. The van der Waals surface area contributed by atoms with E-state index in [9.17, 15) is 9.59 Å². The highest BCUT2D eigenvalue weighted by Gasteiger charge is 2.24. The molecule has 0 aliphatic carbocycles. The van der Waals surface area contributed by atoms with E-state index in [2.05, 4.69) is 5.32 Å². The van der Waals surface area contributed by atoms with Crippen LogP contribution in [0.3, 0.4) is 0 Å². The van der Waals surface area contributed by atoms with Crippen molar-refractivity contribution in [3.63, 3.8) is 0 Å². The lowest BCUT2D eigenvalue weighted by atomic mass is 9.97. The number of aryl methyl sites for hydroxylation is 1. The lowest BCUT2D eigenvalue weighted by Crippen LogP contribution is -2.45. The van der Waals surface area contributed by atoms with Crippen molar-refractivity contribution in [3.05, 3.63) is 21.9 Å². The van der Waals surface area contributed by atoms with Crippen LogP contribution in [0.1, 0.15) is 28.1 Å². The van der Waals surface area contributed by atoms with Gasteiger partial charge in [0, 0.05) is 33.7 Å². The largest absolute Gasteiger partial charge is 0.351 e. The van der Waals surface area contributed by atoms with Gasteiger partial charge in [-0.1, -0.05) is 0 Å². The van der Waals surface area contributed by atoms with Crippen molar-refractivity contribution >= 4 is 23.3 Å². The fourth-order valence-corrected chi connectivity index (χ4v) is 3.30. The minimum Gasteiger partial charge on any atom is -0.351 e. The van der Waals surface area contributed by atoms with Crippen molar-refractivity contribution < 1.29 is 9.59 Å². The molecule has 1 aromatic heterocycles. The van der Waals surface area contributed by atoms with Gasteiger partial charge in [0.2, 0.25) is 0 Å². The maximum absolute atomic E-state index is 12.0. The molecule has 5 nitrogen and oxygen atoms in total. The van der Waals surface area contributed by atoms with Gasteiger partial charge in [0.15, 0.2) is 0 Å². The summed E-state index contributed by atoms with van der Waals surface area (Å²) >= 11 is 1.48. The van der Waals surface area contributed by atoms with E-state index in [-0.39, 0.29) is 11.9 Å². The van der Waals surface area contributed by atoms with E-state index in [4.69, 9.17) is 0 Å². The quantitative estimate of drug-likeness (QED) is 0.930. The second-order valence-electron chi connectivity index (χ2n) is 5.81. The SMILES string of the molecule is Cc1csc(C(=O)NCC2CCN(C(=O)N(C)C)CC2)c1. The van der Waals surface area contributed by atoms with Crippen LogP contribution in [0, 0.1) is 12.8 Å². The van der Waals surface area contributed by atoms with Crippen LogP contribution in [-0.2, 0) is 0 Å². The van der Waals surface area contributed by atoms with E-state index in [1.165, 1.54) is 11.3 Å². The molecule has 0 unspecified atom stereocenters. The van der Waals surface area contributed by atoms with Crippen molar-refractivity contribution in [2.24, 2.45) is 5.92 Å². The summed E-state index contributed by atoms with van der Waals surface area (Å²) in [6.07, 6.45) is 1.90. The molecule has 0 radical (unpaired) electrons. The average molecular weight is 309 g/mol. The van der Waals surface area contributed by atoms with E-state index < -0.39 is 0 Å². The number of urea groups is 1. The molecular formula is C15H23N3O2S. The summed E-state index contributed by atoms with van der Waals surface area (Å²) in [4.78, 5) is 28.1. The molecule has 1 fully saturated rings. The number of piperidine rings is 1. The molecule has 2 heterocycles. The van der Waals surface area contributed by atoms with Gasteiger partial charge < -0.3 is 15.1 Å². The first kappa shape index (κ1) is 15.8. The van der Waals surface area contributed by atoms with Crippen molar-refractivity contribution in [1.82, 2.24) is 15.1 Å². The van der Waals surface area contributed by atoms with Gasteiger partial charge in [-0.3, -0.25) is 4.79 Å². The zero-order chi connectivity index (χ0) is 15.4. The predicted octanol–water partition coefficient (Wildman–Crippen LogP) is 2.18. The molecule has 0 bridgehead atoms. The molecule has 6 heteroatoms. The van der Waals surface area contributed by atoms with Gasteiger partial charge in [-0.2, -0.15) is 0 Å². The van der Waals surface area contributed by atoms with E-state index in [0.29, 0.717) is 12.5 Å². The number of carbonyl (C=O) groups is 2. The molecule has 1 N–H and O–H groups in total. The third kappa shape index (κ3) is 4.20. The average Bonchev–Trinajstić information content (AvgIpc) is 2.91. The van der Waals surface area contributed by atoms with Gasteiger partial charge in [0.05, 0.1) is 4.88 Å². The minimum atomic E-state index is 0.0138. The smallest absolute Gasteiger partial charge is 0.319 e. The van der Waals surface area contributed by atoms with Gasteiger partial charge in [-0.15, -0.1) is 11.3 Å². The number of amides is 3. The molecule has 2 rings (SSSR count). The first-order valence-electron chi connectivity index (χ1n) is 7.27. The monoisotopic (exact) mass is 309 g/mol. The third-order valence-electron chi connectivity index (χ3n) is 3.77. The van der Waals surface area contributed by atoms with E-state index in [1.54, 1.807) is 19.0 Å². The highest BCUT2D eigenvalue weighted by molar-refractivity contribution is 7.12. The van der Waals surface area contributed by atoms with Gasteiger partial charge in [0.25, 0.3) is 5.91 Å². The summed E-state index contributed by atoms with van der Waals surface area (Å²) in [5.74, 6) is 0.473. The number of carbonyl (C=O) groups excluding carboxylic acids is 2. The van der Waals surface area contributed by atoms with Crippen LogP contribution in [0.15, 0.2) is 11.4 Å². The molecule has 0 aromatic carbocycles. The summed E-state index contributed by atoms with van der Waals surface area (Å²) in [5, 5.41) is 4.99. The molecule has 0 atom stereocenters. The fourth-order valence-electron chi connectivity index (χ4n) is 2.49. The molecule has 3 amide bonds. The lowest BCUT2D eigenvalue weighted by Gasteiger charge is -2.33. The lowest BCUT2D eigenvalue weighted by molar-refractivity contribution is 0.0939. The van der Waals surface area contributed by atoms with Gasteiger partial charge in [-0.05, 0) is 42.7 Å². The number of thiophene rings is 1. The molecule has 1 aliphatic rings. The Morgan fingerprint density at radius 2 is 2.05 bits per heavy atom. The number of nitrogens with zero attached hydrogens (tertiary/aromatic N) is 2. The molecule has 0 spiro atoms. The number of nitrogens with one attached hydrogen (secondary N) is 1. The molecule has 21 heavy (non-hydrogen) atoms. The highest BCUT2D eigenvalue weighted by Crippen LogP contribution is 2.18. The van der Waals surface area contributed by atoms with Crippen molar-refractivity contribution in [1.29, 1.82) is 0 Å². The van der Waals surface area contributed by atoms with Crippen LogP contribution >= 0.6 is 11.3 Å². The molecule has 1 aliphatic heterocycles. The molecule has 0 saturated carbocycles. The number of likely N-dealkylation sites (tertiary alicyclic amines) is 1. The summed E-state index contributed by atoms with van der Waals surface area (Å²) in [6, 6.07) is 1.99. The van der Waals surface area contributed by atoms with Gasteiger partial charge in [-0.25, -0.2) is 4.79 Å². The van der Waals surface area contributed by atoms with Crippen LogP contribution in [0.4, 0.5) is 4.79 Å². The Morgan fingerprint density at radius 3 is 2.57 bits per heavy atom. The van der Waals surface area contributed by atoms with Crippen molar-refractivity contribution in [2.45, 2.75) is 19.8 Å². The van der Waals surface area contributed by atoms with Crippen molar-refractivity contribution in [2.75, 3.05) is 33.7 Å². The van der Waals surface area contributed by atoms with Gasteiger partial charge >= 0.3 is 6.03 Å².